The first-order valence-electron chi connectivity index (χ1n) is 3.62. The molecule has 0 aliphatic carbocycles. The van der Waals surface area contributed by atoms with Crippen LogP contribution in [0.3, 0.4) is 0 Å². The highest BCUT2D eigenvalue weighted by molar-refractivity contribution is 5.85. The van der Waals surface area contributed by atoms with Gasteiger partial charge < -0.3 is 9.47 Å². The van der Waals surface area contributed by atoms with Crippen molar-refractivity contribution in [3.8, 4) is 0 Å². The lowest BCUT2D eigenvalue weighted by Crippen LogP contribution is -2.19. The molecule has 0 aromatic rings. The van der Waals surface area contributed by atoms with E-state index in [4.69, 9.17) is 4.74 Å². The average Bonchev–Trinajstić information content (AvgIpc) is 2.26. The molecule has 1 heterocycles. The van der Waals surface area contributed by atoms with Crippen LogP contribution in [0.2, 0.25) is 0 Å². The van der Waals surface area contributed by atoms with E-state index >= 15 is 0 Å². The first-order chi connectivity index (χ1) is 5.59. The summed E-state index contributed by atoms with van der Waals surface area (Å²) >= 11 is 0. The molecule has 12 heavy (non-hydrogen) atoms. The predicted octanol–water partition coefficient (Wildman–Crippen LogP) is 0.421. The van der Waals surface area contributed by atoms with Crippen LogP contribution < -0.4 is 0 Å². The topological polar surface area (TPSA) is 52.6 Å². The van der Waals surface area contributed by atoms with Gasteiger partial charge in [-0.2, -0.15) is 0 Å². The molecule has 0 bridgehead atoms. The smallest absolute Gasteiger partial charge is 0.331 e. The molecule has 0 saturated heterocycles. The zero-order valence-electron chi connectivity index (χ0n) is 6.99. The molecule has 0 spiro atoms. The van der Waals surface area contributed by atoms with E-state index in [0.29, 0.717) is 0 Å². The van der Waals surface area contributed by atoms with Crippen LogP contribution in [0.25, 0.3) is 0 Å². The van der Waals surface area contributed by atoms with Crippen molar-refractivity contribution in [3.63, 3.8) is 0 Å². The first kappa shape index (κ1) is 8.77. The minimum Gasteiger partial charge on any atom is -0.462 e. The fourth-order valence-corrected chi connectivity index (χ4v) is 0.905. The molecule has 0 amide bonds. The van der Waals surface area contributed by atoms with E-state index in [9.17, 15) is 9.59 Å². The SMILES string of the molecule is CC(=O)OCC1OC(=O)C=C1C. The van der Waals surface area contributed by atoms with E-state index in [2.05, 4.69) is 4.74 Å². The third-order valence-electron chi connectivity index (χ3n) is 1.55. The molecular weight excluding hydrogens is 160 g/mol. The first-order valence-corrected chi connectivity index (χ1v) is 3.62. The molecular formula is C8H10O4. The molecule has 4 heteroatoms. The van der Waals surface area contributed by atoms with Crippen molar-refractivity contribution < 1.29 is 19.1 Å². The van der Waals surface area contributed by atoms with Gasteiger partial charge in [0, 0.05) is 13.0 Å². The average molecular weight is 170 g/mol. The number of carbonyl (C=O) groups excluding carboxylic acids is 2. The molecule has 0 radical (unpaired) electrons. The van der Waals surface area contributed by atoms with E-state index in [1.54, 1.807) is 6.92 Å². The van der Waals surface area contributed by atoms with Crippen molar-refractivity contribution in [1.29, 1.82) is 0 Å². The molecule has 0 N–H and O–H groups in total. The van der Waals surface area contributed by atoms with Crippen LogP contribution in [0.15, 0.2) is 11.6 Å². The highest BCUT2D eigenvalue weighted by Gasteiger charge is 2.23. The van der Waals surface area contributed by atoms with Crippen LogP contribution in [0.5, 0.6) is 0 Å². The van der Waals surface area contributed by atoms with Crippen molar-refractivity contribution in [3.05, 3.63) is 11.6 Å². The fraction of sp³-hybridized carbons (Fsp3) is 0.500. The van der Waals surface area contributed by atoms with E-state index in [1.807, 2.05) is 0 Å². The lowest BCUT2D eigenvalue weighted by Gasteiger charge is -2.10. The molecule has 0 aromatic heterocycles. The molecule has 0 aromatic carbocycles. The maximum absolute atomic E-state index is 10.7. The van der Waals surface area contributed by atoms with Crippen molar-refractivity contribution in [1.82, 2.24) is 0 Å². The summed E-state index contributed by atoms with van der Waals surface area (Å²) in [7, 11) is 0. The number of rotatable bonds is 2. The summed E-state index contributed by atoms with van der Waals surface area (Å²) in [4.78, 5) is 21.1. The fourth-order valence-electron chi connectivity index (χ4n) is 0.905. The molecule has 4 nitrogen and oxygen atoms in total. The Balaban J connectivity index is 2.40. The molecule has 1 rings (SSSR count). The normalized spacial score (nSPS) is 21.7. The maximum Gasteiger partial charge on any atom is 0.331 e. The summed E-state index contributed by atoms with van der Waals surface area (Å²) in [5.41, 5.74) is 0.793. The Morgan fingerprint density at radius 2 is 2.42 bits per heavy atom. The summed E-state index contributed by atoms with van der Waals surface area (Å²) in [6.45, 7) is 3.19. The Morgan fingerprint density at radius 3 is 2.83 bits per heavy atom. The minimum absolute atomic E-state index is 0.114. The molecule has 0 fully saturated rings. The zero-order chi connectivity index (χ0) is 9.14. The highest BCUT2D eigenvalue weighted by atomic mass is 16.6. The van der Waals surface area contributed by atoms with Crippen molar-refractivity contribution in [2.45, 2.75) is 20.0 Å². The van der Waals surface area contributed by atoms with E-state index in [0.717, 1.165) is 5.57 Å². The highest BCUT2D eigenvalue weighted by Crippen LogP contribution is 2.14. The molecule has 1 unspecified atom stereocenters. The number of esters is 2. The third-order valence-corrected chi connectivity index (χ3v) is 1.55. The number of carbonyl (C=O) groups is 2. The summed E-state index contributed by atoms with van der Waals surface area (Å²) < 4.78 is 9.50. The number of ether oxygens (including phenoxy) is 2. The van der Waals surface area contributed by atoms with Crippen LogP contribution in [-0.4, -0.2) is 24.6 Å². The second kappa shape index (κ2) is 3.38. The minimum atomic E-state index is -0.388. The van der Waals surface area contributed by atoms with Gasteiger partial charge in [0.2, 0.25) is 0 Å². The third kappa shape index (κ3) is 2.08. The van der Waals surface area contributed by atoms with Gasteiger partial charge >= 0.3 is 11.9 Å². The van der Waals surface area contributed by atoms with Crippen molar-refractivity contribution in [2.24, 2.45) is 0 Å². The summed E-state index contributed by atoms with van der Waals surface area (Å²) in [5, 5.41) is 0. The van der Waals surface area contributed by atoms with Gasteiger partial charge in [0.15, 0.2) is 6.10 Å². The Morgan fingerprint density at radius 1 is 1.75 bits per heavy atom. The van der Waals surface area contributed by atoms with Crippen molar-refractivity contribution in [2.75, 3.05) is 6.61 Å². The monoisotopic (exact) mass is 170 g/mol. The lowest BCUT2D eigenvalue weighted by molar-refractivity contribution is -0.150. The Kier molecular flexibility index (Phi) is 2.47. The lowest BCUT2D eigenvalue weighted by atomic mass is 10.2. The van der Waals surface area contributed by atoms with Crippen LogP contribution in [0, 0.1) is 0 Å². The van der Waals surface area contributed by atoms with Gasteiger partial charge in [-0.3, -0.25) is 4.79 Å². The maximum atomic E-state index is 10.7. The molecule has 0 saturated carbocycles. The standard InChI is InChI=1S/C8H10O4/c1-5-3-8(10)12-7(5)4-11-6(2)9/h3,7H,4H2,1-2H3. The molecule has 66 valence electrons. The van der Waals surface area contributed by atoms with Gasteiger partial charge in [-0.05, 0) is 12.5 Å². The second-order valence-electron chi connectivity index (χ2n) is 2.62. The molecule has 1 atom stereocenters. The second-order valence-corrected chi connectivity index (χ2v) is 2.62. The van der Waals surface area contributed by atoms with E-state index < -0.39 is 0 Å². The predicted molar refractivity (Wildman–Crippen MR) is 40.3 cm³/mol. The molecule has 1 aliphatic heterocycles. The Labute approximate surface area is 70.1 Å². The van der Waals surface area contributed by atoms with Gasteiger partial charge in [0.05, 0.1) is 0 Å². The zero-order valence-corrected chi connectivity index (χ0v) is 6.99. The quantitative estimate of drug-likeness (QED) is 0.563. The number of cyclic esters (lactones) is 1. The largest absolute Gasteiger partial charge is 0.462 e. The summed E-state index contributed by atoms with van der Waals surface area (Å²) in [6, 6.07) is 0. The van der Waals surface area contributed by atoms with Gasteiger partial charge in [0.25, 0.3) is 0 Å². The van der Waals surface area contributed by atoms with Crippen LogP contribution >= 0.6 is 0 Å². The van der Waals surface area contributed by atoms with Crippen LogP contribution in [0.1, 0.15) is 13.8 Å². The Hall–Kier alpha value is -1.32. The molecule has 1 aliphatic rings. The Bertz CT molecular complexity index is 241. The van der Waals surface area contributed by atoms with Gasteiger partial charge in [-0.15, -0.1) is 0 Å². The number of hydrogen-bond donors (Lipinski definition) is 0. The number of hydrogen-bond acceptors (Lipinski definition) is 4. The van der Waals surface area contributed by atoms with Crippen LogP contribution in [-0.2, 0) is 19.1 Å². The van der Waals surface area contributed by atoms with E-state index in [1.165, 1.54) is 13.0 Å². The van der Waals surface area contributed by atoms with Gasteiger partial charge in [0.1, 0.15) is 6.61 Å². The van der Waals surface area contributed by atoms with Crippen molar-refractivity contribution >= 4 is 11.9 Å². The summed E-state index contributed by atoms with van der Waals surface area (Å²) in [5.74, 6) is -0.740. The summed E-state index contributed by atoms with van der Waals surface area (Å²) in [6.07, 6.45) is 1.01. The van der Waals surface area contributed by atoms with Gasteiger partial charge in [-0.1, -0.05) is 0 Å². The van der Waals surface area contributed by atoms with E-state index in [-0.39, 0.29) is 24.6 Å². The van der Waals surface area contributed by atoms with Crippen LogP contribution in [0.4, 0.5) is 0 Å². The van der Waals surface area contributed by atoms with Gasteiger partial charge in [-0.25, -0.2) is 4.79 Å².